The fourth-order valence-corrected chi connectivity index (χ4v) is 4.10. The van der Waals surface area contributed by atoms with Crippen molar-refractivity contribution in [2.75, 3.05) is 25.4 Å². The predicted octanol–water partition coefficient (Wildman–Crippen LogP) is 3.23. The van der Waals surface area contributed by atoms with Crippen molar-refractivity contribution in [2.45, 2.75) is 50.2 Å². The van der Waals surface area contributed by atoms with Crippen molar-refractivity contribution >= 4 is 11.8 Å². The number of hydrogen-bond acceptors (Lipinski definition) is 5. The highest BCUT2D eigenvalue weighted by molar-refractivity contribution is 7.99. The van der Waals surface area contributed by atoms with Crippen LogP contribution < -0.4 is 4.74 Å². The van der Waals surface area contributed by atoms with E-state index in [9.17, 15) is 0 Å². The molecule has 5 heteroatoms. The van der Waals surface area contributed by atoms with E-state index in [1.807, 2.05) is 0 Å². The molecule has 2 saturated heterocycles. The highest BCUT2D eigenvalue weighted by Gasteiger charge is 2.39. The van der Waals surface area contributed by atoms with Crippen LogP contribution in [0.15, 0.2) is 17.4 Å². The lowest BCUT2D eigenvalue weighted by atomic mass is 10.0. The lowest BCUT2D eigenvalue weighted by Crippen LogP contribution is -2.32. The number of fused-ring (bicyclic) bond motifs is 2. The normalized spacial score (nSPS) is 27.2. The molecule has 0 saturated carbocycles. The summed E-state index contributed by atoms with van der Waals surface area (Å²) in [6, 6.07) is 0. The molecule has 0 aromatic carbocycles. The Hall–Kier alpha value is -0.810. The SMILES string of the molecule is CCCCCCSc1nccnc1O[C@@H]1CN2CC[C@H]1C2. The smallest absolute Gasteiger partial charge is 0.247 e. The number of thioether (sulfide) groups is 1. The van der Waals surface area contributed by atoms with Crippen molar-refractivity contribution in [3.63, 3.8) is 0 Å². The van der Waals surface area contributed by atoms with E-state index in [4.69, 9.17) is 4.74 Å². The molecule has 0 radical (unpaired) electrons. The van der Waals surface area contributed by atoms with Crippen LogP contribution >= 0.6 is 11.8 Å². The molecular weight excluding hydrogens is 282 g/mol. The number of ether oxygens (including phenoxy) is 1. The highest BCUT2D eigenvalue weighted by atomic mass is 32.2. The zero-order chi connectivity index (χ0) is 14.5. The van der Waals surface area contributed by atoms with Gasteiger partial charge in [-0.1, -0.05) is 26.2 Å². The van der Waals surface area contributed by atoms with Gasteiger partial charge in [-0.2, -0.15) is 0 Å². The van der Waals surface area contributed by atoms with Gasteiger partial charge in [0.25, 0.3) is 0 Å². The first-order chi connectivity index (χ1) is 10.4. The second-order valence-corrected chi connectivity index (χ2v) is 7.12. The molecule has 0 aliphatic carbocycles. The third kappa shape index (κ3) is 3.89. The van der Waals surface area contributed by atoms with Crippen LogP contribution in [0.25, 0.3) is 0 Å². The first-order valence-electron chi connectivity index (χ1n) is 8.19. The molecule has 1 aromatic heterocycles. The maximum atomic E-state index is 6.18. The minimum atomic E-state index is 0.315. The first kappa shape index (κ1) is 15.1. The van der Waals surface area contributed by atoms with E-state index < -0.39 is 0 Å². The Morgan fingerprint density at radius 3 is 2.90 bits per heavy atom. The van der Waals surface area contributed by atoms with E-state index in [0.717, 1.165) is 23.2 Å². The van der Waals surface area contributed by atoms with Gasteiger partial charge in [-0.05, 0) is 25.1 Å². The Morgan fingerprint density at radius 1 is 1.24 bits per heavy atom. The van der Waals surface area contributed by atoms with Crippen molar-refractivity contribution in [3.05, 3.63) is 12.4 Å². The fourth-order valence-electron chi connectivity index (χ4n) is 3.20. The van der Waals surface area contributed by atoms with Crippen LogP contribution in [0.1, 0.15) is 39.0 Å². The predicted molar refractivity (Wildman–Crippen MR) is 85.9 cm³/mol. The summed E-state index contributed by atoms with van der Waals surface area (Å²) in [5, 5.41) is 0.965. The monoisotopic (exact) mass is 307 g/mol. The maximum absolute atomic E-state index is 6.18. The number of piperidine rings is 1. The molecule has 2 aliphatic heterocycles. The van der Waals surface area contributed by atoms with E-state index in [0.29, 0.717) is 12.0 Å². The van der Waals surface area contributed by atoms with Crippen LogP contribution in [0.2, 0.25) is 0 Å². The van der Waals surface area contributed by atoms with E-state index in [1.54, 1.807) is 24.2 Å². The average Bonchev–Trinajstić information content (AvgIpc) is 3.11. The summed E-state index contributed by atoms with van der Waals surface area (Å²) >= 11 is 1.79. The molecule has 0 N–H and O–H groups in total. The van der Waals surface area contributed by atoms with Gasteiger partial charge in [-0.25, -0.2) is 9.97 Å². The van der Waals surface area contributed by atoms with Gasteiger partial charge in [0.2, 0.25) is 5.88 Å². The van der Waals surface area contributed by atoms with Gasteiger partial charge in [0.15, 0.2) is 5.03 Å². The molecule has 116 valence electrons. The Morgan fingerprint density at radius 2 is 2.14 bits per heavy atom. The summed E-state index contributed by atoms with van der Waals surface area (Å²) in [4.78, 5) is 11.4. The molecule has 2 bridgehead atoms. The molecule has 21 heavy (non-hydrogen) atoms. The van der Waals surface area contributed by atoms with Gasteiger partial charge in [-0.3, -0.25) is 4.90 Å². The molecule has 0 spiro atoms. The number of rotatable bonds is 8. The van der Waals surface area contributed by atoms with Crippen molar-refractivity contribution in [1.82, 2.24) is 14.9 Å². The summed E-state index contributed by atoms with van der Waals surface area (Å²) in [5.41, 5.74) is 0. The lowest BCUT2D eigenvalue weighted by molar-refractivity contribution is 0.131. The minimum Gasteiger partial charge on any atom is -0.471 e. The van der Waals surface area contributed by atoms with E-state index in [1.165, 1.54) is 45.2 Å². The number of unbranched alkanes of at least 4 members (excludes halogenated alkanes) is 3. The summed E-state index contributed by atoms with van der Waals surface area (Å²) in [6.07, 6.45) is 10.2. The summed E-state index contributed by atoms with van der Waals surface area (Å²) < 4.78 is 6.18. The Balaban J connectivity index is 1.52. The third-order valence-electron chi connectivity index (χ3n) is 4.41. The highest BCUT2D eigenvalue weighted by Crippen LogP contribution is 2.33. The van der Waals surface area contributed by atoms with Crippen LogP contribution in [-0.2, 0) is 0 Å². The molecule has 1 unspecified atom stereocenters. The molecule has 4 nitrogen and oxygen atoms in total. The van der Waals surface area contributed by atoms with E-state index >= 15 is 0 Å². The van der Waals surface area contributed by atoms with E-state index in [2.05, 4.69) is 21.8 Å². The topological polar surface area (TPSA) is 38.3 Å². The van der Waals surface area contributed by atoms with Gasteiger partial charge >= 0.3 is 0 Å². The van der Waals surface area contributed by atoms with Crippen LogP contribution in [0.4, 0.5) is 0 Å². The summed E-state index contributed by atoms with van der Waals surface area (Å²) in [7, 11) is 0. The zero-order valence-corrected chi connectivity index (χ0v) is 13.6. The van der Waals surface area contributed by atoms with Gasteiger partial charge in [0.1, 0.15) is 6.10 Å². The maximum Gasteiger partial charge on any atom is 0.247 e. The molecule has 2 aliphatic rings. The van der Waals surface area contributed by atoms with Crippen LogP contribution in [0.3, 0.4) is 0 Å². The number of hydrogen-bond donors (Lipinski definition) is 0. The van der Waals surface area contributed by atoms with Crippen molar-refractivity contribution in [3.8, 4) is 5.88 Å². The van der Waals surface area contributed by atoms with Gasteiger partial charge in [-0.15, -0.1) is 11.8 Å². The van der Waals surface area contributed by atoms with Gasteiger partial charge in [0.05, 0.1) is 0 Å². The Kier molecular flexibility index (Phi) is 5.36. The fraction of sp³-hybridized carbons (Fsp3) is 0.750. The van der Waals surface area contributed by atoms with Crippen LogP contribution in [0.5, 0.6) is 5.88 Å². The first-order valence-corrected chi connectivity index (χ1v) is 9.18. The molecule has 2 fully saturated rings. The Bertz CT molecular complexity index is 457. The minimum absolute atomic E-state index is 0.315. The molecule has 3 atom stereocenters. The van der Waals surface area contributed by atoms with E-state index in [-0.39, 0.29) is 0 Å². The van der Waals surface area contributed by atoms with Crippen molar-refractivity contribution in [1.29, 1.82) is 0 Å². The van der Waals surface area contributed by atoms with Crippen molar-refractivity contribution < 1.29 is 4.74 Å². The van der Waals surface area contributed by atoms with Crippen LogP contribution in [-0.4, -0.2) is 46.4 Å². The summed E-state index contributed by atoms with van der Waals surface area (Å²) in [5.74, 6) is 2.54. The molecule has 3 heterocycles. The number of aromatic nitrogens is 2. The lowest BCUT2D eigenvalue weighted by Gasteiger charge is -2.23. The second kappa shape index (κ2) is 7.45. The van der Waals surface area contributed by atoms with Gasteiger partial charge in [0, 0.05) is 31.4 Å². The molecule has 3 rings (SSSR count). The number of nitrogens with zero attached hydrogens (tertiary/aromatic N) is 3. The molecular formula is C16H25N3OS. The van der Waals surface area contributed by atoms with Gasteiger partial charge < -0.3 is 4.74 Å². The third-order valence-corrected chi connectivity index (χ3v) is 5.45. The van der Waals surface area contributed by atoms with Crippen LogP contribution in [0, 0.1) is 5.92 Å². The molecule has 1 aromatic rings. The quantitative estimate of drug-likeness (QED) is 0.544. The second-order valence-electron chi connectivity index (χ2n) is 6.04. The largest absolute Gasteiger partial charge is 0.471 e. The zero-order valence-electron chi connectivity index (χ0n) is 12.8. The summed E-state index contributed by atoms with van der Waals surface area (Å²) in [6.45, 7) is 5.74. The Labute approximate surface area is 131 Å². The standard InChI is InChI=1S/C16H25N3OS/c1-2-3-4-5-10-21-16-15(17-7-8-18-16)20-14-12-19-9-6-13(14)11-19/h7-8,13-14H,2-6,9-12H2,1H3/t13-,14+/m0/s1. The van der Waals surface area contributed by atoms with Crippen molar-refractivity contribution in [2.24, 2.45) is 5.92 Å². The molecule has 0 amide bonds. The average molecular weight is 307 g/mol.